The zero-order valence-electron chi connectivity index (χ0n) is 11.8. The molecule has 0 aliphatic heterocycles. The number of hydrogen-bond donors (Lipinski definition) is 1. The van der Waals surface area contributed by atoms with Crippen molar-refractivity contribution in [2.24, 2.45) is 5.92 Å². The third kappa shape index (κ3) is 4.31. The van der Waals surface area contributed by atoms with Crippen LogP contribution < -0.4 is 0 Å². The van der Waals surface area contributed by atoms with Gasteiger partial charge in [-0.15, -0.1) is 4.33 Å². The van der Waals surface area contributed by atoms with Crippen LogP contribution in [0.2, 0.25) is 0 Å². The Balaban J connectivity index is 2.27. The van der Waals surface area contributed by atoms with E-state index in [1.807, 2.05) is 0 Å². The third-order valence-corrected chi connectivity index (χ3v) is 5.91. The van der Waals surface area contributed by atoms with E-state index in [1.165, 1.54) is 0 Å². The SMILES string of the molecule is [O-][S+](CC1CCCCC1)c1c(F)c(F)c(SOOO)c(F)c1F. The van der Waals surface area contributed by atoms with Crippen molar-refractivity contribution in [2.45, 2.75) is 41.9 Å². The van der Waals surface area contributed by atoms with E-state index in [4.69, 9.17) is 5.26 Å². The Morgan fingerprint density at radius 3 is 2.13 bits per heavy atom. The molecule has 0 aromatic heterocycles. The van der Waals surface area contributed by atoms with E-state index in [2.05, 4.69) is 9.37 Å². The lowest BCUT2D eigenvalue weighted by atomic mass is 9.91. The van der Waals surface area contributed by atoms with Gasteiger partial charge in [0, 0.05) is 5.92 Å². The molecule has 1 aromatic carbocycles. The fourth-order valence-electron chi connectivity index (χ4n) is 2.56. The summed E-state index contributed by atoms with van der Waals surface area (Å²) in [6.07, 6.45) is 4.46. The van der Waals surface area contributed by atoms with Gasteiger partial charge >= 0.3 is 0 Å². The fraction of sp³-hybridized carbons (Fsp3) is 0.538. The van der Waals surface area contributed by atoms with Crippen LogP contribution in [0.25, 0.3) is 0 Å². The molecule has 0 amide bonds. The van der Waals surface area contributed by atoms with E-state index in [0.29, 0.717) is 0 Å². The van der Waals surface area contributed by atoms with Crippen molar-refractivity contribution < 1.29 is 36.7 Å². The zero-order valence-corrected chi connectivity index (χ0v) is 13.5. The highest BCUT2D eigenvalue weighted by Crippen LogP contribution is 2.35. The highest BCUT2D eigenvalue weighted by atomic mass is 32.2. The maximum Gasteiger partial charge on any atom is 0.230 e. The summed E-state index contributed by atoms with van der Waals surface area (Å²) in [7, 11) is 0. The van der Waals surface area contributed by atoms with Crippen LogP contribution in [0.3, 0.4) is 0 Å². The van der Waals surface area contributed by atoms with Gasteiger partial charge in [0.2, 0.25) is 16.5 Å². The molecule has 1 unspecified atom stereocenters. The van der Waals surface area contributed by atoms with Crippen LogP contribution in [-0.2, 0) is 20.5 Å². The minimum atomic E-state index is -2.20. The topological polar surface area (TPSA) is 61.8 Å². The Kier molecular flexibility index (Phi) is 6.99. The molecule has 0 radical (unpaired) electrons. The van der Waals surface area contributed by atoms with Gasteiger partial charge in [0.1, 0.15) is 10.6 Å². The van der Waals surface area contributed by atoms with Crippen molar-refractivity contribution in [3.63, 3.8) is 0 Å². The molecule has 0 heterocycles. The molecule has 1 fully saturated rings. The molecule has 1 aliphatic rings. The summed E-state index contributed by atoms with van der Waals surface area (Å²) >= 11 is -2.44. The van der Waals surface area contributed by atoms with Gasteiger partial charge in [-0.3, -0.25) is 0 Å². The third-order valence-electron chi connectivity index (χ3n) is 3.67. The molecular weight excluding hydrogens is 360 g/mol. The molecule has 1 atom stereocenters. The summed E-state index contributed by atoms with van der Waals surface area (Å²) in [6, 6.07) is 0. The van der Waals surface area contributed by atoms with Crippen molar-refractivity contribution in [3.8, 4) is 0 Å². The average molecular weight is 374 g/mol. The first-order valence-corrected chi connectivity index (χ1v) is 8.92. The molecule has 1 aromatic rings. The lowest BCUT2D eigenvalue weighted by Crippen LogP contribution is -2.22. The van der Waals surface area contributed by atoms with Crippen molar-refractivity contribution in [3.05, 3.63) is 23.3 Å². The number of hydrogen-bond acceptors (Lipinski definition) is 5. The summed E-state index contributed by atoms with van der Waals surface area (Å²) in [6.45, 7) is 0. The Morgan fingerprint density at radius 2 is 1.61 bits per heavy atom. The quantitative estimate of drug-likeness (QED) is 0.200. The highest BCUT2D eigenvalue weighted by Gasteiger charge is 2.35. The standard InChI is InChI=1S/C13H14F4O4S2/c14-8-10(16)13(11(17)9(15)12(8)22-21-20-18)23(19)6-7-4-2-1-3-5-7/h7,18H,1-6H2. The Morgan fingerprint density at radius 1 is 1.04 bits per heavy atom. The highest BCUT2D eigenvalue weighted by molar-refractivity contribution is 7.94. The Labute approximate surface area is 137 Å². The van der Waals surface area contributed by atoms with Crippen LogP contribution in [0.15, 0.2) is 9.79 Å². The minimum Gasteiger partial charge on any atom is -0.611 e. The Hall–Kier alpha value is -0.520. The van der Waals surface area contributed by atoms with E-state index in [9.17, 15) is 22.1 Å². The lowest BCUT2D eigenvalue weighted by Gasteiger charge is -2.23. The van der Waals surface area contributed by atoms with Gasteiger partial charge in [-0.2, -0.15) is 8.78 Å². The van der Waals surface area contributed by atoms with Gasteiger partial charge in [-0.1, -0.05) is 24.3 Å². The molecule has 0 bridgehead atoms. The largest absolute Gasteiger partial charge is 0.611 e. The second-order valence-corrected chi connectivity index (χ2v) is 7.30. The van der Waals surface area contributed by atoms with Crippen molar-refractivity contribution in [2.75, 3.05) is 5.75 Å². The van der Waals surface area contributed by atoms with Crippen LogP contribution in [-0.4, -0.2) is 15.6 Å². The van der Waals surface area contributed by atoms with Gasteiger partial charge in [0.25, 0.3) is 0 Å². The summed E-state index contributed by atoms with van der Waals surface area (Å²) < 4.78 is 71.6. The maximum absolute atomic E-state index is 14.0. The normalized spacial score (nSPS) is 17.5. The molecule has 0 saturated heterocycles. The van der Waals surface area contributed by atoms with Crippen molar-refractivity contribution >= 4 is 23.2 Å². The van der Waals surface area contributed by atoms with E-state index in [0.717, 1.165) is 32.1 Å². The van der Waals surface area contributed by atoms with E-state index >= 15 is 0 Å². The predicted octanol–water partition coefficient (Wildman–Crippen LogP) is 4.36. The van der Waals surface area contributed by atoms with Crippen molar-refractivity contribution in [1.29, 1.82) is 0 Å². The second-order valence-electron chi connectivity index (χ2n) is 5.16. The summed E-state index contributed by atoms with van der Waals surface area (Å²) in [5.74, 6) is -7.01. The summed E-state index contributed by atoms with van der Waals surface area (Å²) in [5.41, 5.74) is 0. The first-order chi connectivity index (χ1) is 11.0. The average Bonchev–Trinajstić information content (AvgIpc) is 2.54. The molecule has 130 valence electrons. The van der Waals surface area contributed by atoms with Gasteiger partial charge < -0.3 is 4.55 Å². The number of benzene rings is 1. The predicted molar refractivity (Wildman–Crippen MR) is 74.8 cm³/mol. The smallest absolute Gasteiger partial charge is 0.230 e. The Bertz CT molecular complexity index is 526. The van der Waals surface area contributed by atoms with E-state index in [-0.39, 0.29) is 23.7 Å². The van der Waals surface area contributed by atoms with Crippen molar-refractivity contribution in [1.82, 2.24) is 0 Å². The molecule has 1 saturated carbocycles. The molecule has 2 rings (SSSR count). The molecular formula is C13H14F4O4S2. The summed E-state index contributed by atoms with van der Waals surface area (Å²) in [4.78, 5) is -2.28. The summed E-state index contributed by atoms with van der Waals surface area (Å²) in [5, 5.41) is 11.1. The van der Waals surface area contributed by atoms with Gasteiger partial charge in [-0.05, 0) is 24.0 Å². The van der Waals surface area contributed by atoms with Crippen LogP contribution >= 0.6 is 12.0 Å². The first-order valence-electron chi connectivity index (χ1n) is 6.86. The second kappa shape index (κ2) is 8.54. The maximum atomic E-state index is 14.0. The van der Waals surface area contributed by atoms with E-state index < -0.39 is 44.2 Å². The minimum absolute atomic E-state index is 0.00896. The van der Waals surface area contributed by atoms with E-state index in [1.54, 1.807) is 0 Å². The number of halogens is 4. The van der Waals surface area contributed by atoms with Gasteiger partial charge in [0.05, 0.1) is 12.0 Å². The molecule has 0 spiro atoms. The lowest BCUT2D eigenvalue weighted by molar-refractivity contribution is -0.432. The van der Waals surface area contributed by atoms with Crippen LogP contribution in [0.4, 0.5) is 17.6 Å². The monoisotopic (exact) mass is 374 g/mol. The van der Waals surface area contributed by atoms with Crippen LogP contribution in [0.5, 0.6) is 0 Å². The van der Waals surface area contributed by atoms with Crippen LogP contribution in [0, 0.1) is 29.2 Å². The van der Waals surface area contributed by atoms with Crippen LogP contribution in [0.1, 0.15) is 32.1 Å². The number of rotatable bonds is 6. The molecule has 23 heavy (non-hydrogen) atoms. The fourth-order valence-corrected chi connectivity index (χ4v) is 4.50. The molecule has 1 N–H and O–H groups in total. The molecule has 4 nitrogen and oxygen atoms in total. The van der Waals surface area contributed by atoms with Gasteiger partial charge in [-0.25, -0.2) is 14.0 Å². The van der Waals surface area contributed by atoms with Gasteiger partial charge in [0.15, 0.2) is 11.6 Å². The molecule has 1 aliphatic carbocycles. The zero-order chi connectivity index (χ0) is 17.0. The molecule has 10 heteroatoms. The first kappa shape index (κ1) is 18.8.